The number of carbonyl (C=O) groups is 3. The fraction of sp³-hybridized carbons (Fsp3) is 0.286. The molecule has 1 heterocycles. The number of para-hydroxylation sites is 1. The maximum atomic E-state index is 12.3. The van der Waals surface area contributed by atoms with Gasteiger partial charge in [-0.1, -0.05) is 30.3 Å². The molecule has 0 aliphatic carbocycles. The van der Waals surface area contributed by atoms with Gasteiger partial charge in [-0.3, -0.25) is 14.4 Å². The van der Waals surface area contributed by atoms with E-state index in [9.17, 15) is 14.4 Å². The largest absolute Gasteiger partial charge is 0.481 e. The zero-order valence-electron chi connectivity index (χ0n) is 15.1. The molecule has 0 radical (unpaired) electrons. The topological polar surface area (TPSA) is 86.7 Å². The van der Waals surface area contributed by atoms with Crippen molar-refractivity contribution in [3.05, 3.63) is 59.7 Å². The Morgan fingerprint density at radius 1 is 1.11 bits per heavy atom. The molecule has 6 heteroatoms. The summed E-state index contributed by atoms with van der Waals surface area (Å²) < 4.78 is 0. The highest BCUT2D eigenvalue weighted by molar-refractivity contribution is 5.98. The molecule has 0 bridgehead atoms. The minimum Gasteiger partial charge on any atom is -0.481 e. The molecule has 2 N–H and O–H groups in total. The van der Waals surface area contributed by atoms with Crippen molar-refractivity contribution in [2.75, 3.05) is 16.8 Å². The smallest absolute Gasteiger partial charge is 0.310 e. The molecule has 140 valence electrons. The van der Waals surface area contributed by atoms with Gasteiger partial charge in [0.25, 0.3) is 0 Å². The molecule has 3 rings (SSSR count). The fourth-order valence-corrected chi connectivity index (χ4v) is 3.18. The molecule has 0 fully saturated rings. The van der Waals surface area contributed by atoms with Gasteiger partial charge in [-0.25, -0.2) is 0 Å². The van der Waals surface area contributed by atoms with E-state index < -0.39 is 11.9 Å². The van der Waals surface area contributed by atoms with Crippen LogP contribution in [-0.2, 0) is 20.8 Å². The number of carboxylic acid groups (broad SMARTS) is 1. The van der Waals surface area contributed by atoms with Crippen LogP contribution in [0, 0.1) is 0 Å². The van der Waals surface area contributed by atoms with E-state index in [2.05, 4.69) is 5.32 Å². The highest BCUT2D eigenvalue weighted by atomic mass is 16.4. The number of anilines is 2. The molecule has 0 spiro atoms. The predicted molar refractivity (Wildman–Crippen MR) is 103 cm³/mol. The second-order valence-corrected chi connectivity index (χ2v) is 6.65. The Bertz CT molecular complexity index is 861. The minimum atomic E-state index is -0.890. The monoisotopic (exact) mass is 366 g/mol. The molecule has 6 nitrogen and oxygen atoms in total. The van der Waals surface area contributed by atoms with Crippen LogP contribution < -0.4 is 10.2 Å². The van der Waals surface area contributed by atoms with Crippen LogP contribution in [-0.4, -0.2) is 29.4 Å². The molecule has 27 heavy (non-hydrogen) atoms. The number of nitrogens with one attached hydrogen (secondary N) is 1. The molecule has 0 saturated carbocycles. The lowest BCUT2D eigenvalue weighted by Gasteiger charge is -2.29. The summed E-state index contributed by atoms with van der Waals surface area (Å²) in [4.78, 5) is 37.2. The van der Waals surface area contributed by atoms with E-state index in [0.717, 1.165) is 17.7 Å². The lowest BCUT2D eigenvalue weighted by Crippen LogP contribution is -2.37. The molecule has 1 atom stereocenters. The number of aryl methyl sites for hydroxylation is 1. The van der Waals surface area contributed by atoms with Crippen LogP contribution in [0.1, 0.15) is 36.8 Å². The van der Waals surface area contributed by atoms with Crippen molar-refractivity contribution in [1.29, 1.82) is 0 Å². The number of nitrogens with zero attached hydrogens (tertiary/aromatic N) is 1. The Kier molecular flexibility index (Phi) is 5.54. The van der Waals surface area contributed by atoms with Gasteiger partial charge in [0.1, 0.15) is 0 Å². The second kappa shape index (κ2) is 8.03. The first-order valence-electron chi connectivity index (χ1n) is 8.96. The summed E-state index contributed by atoms with van der Waals surface area (Å²) in [6.07, 6.45) is 1.38. The van der Waals surface area contributed by atoms with Crippen LogP contribution in [0.25, 0.3) is 0 Å². The number of amides is 2. The van der Waals surface area contributed by atoms with Crippen LogP contribution in [0.4, 0.5) is 11.4 Å². The van der Waals surface area contributed by atoms with E-state index in [1.165, 1.54) is 0 Å². The molecule has 1 aliphatic rings. The lowest BCUT2D eigenvalue weighted by atomic mass is 10.0. The van der Waals surface area contributed by atoms with Gasteiger partial charge in [0.2, 0.25) is 11.8 Å². The summed E-state index contributed by atoms with van der Waals surface area (Å²) >= 11 is 0. The van der Waals surface area contributed by atoms with Gasteiger partial charge in [-0.2, -0.15) is 0 Å². The number of fused-ring (bicyclic) bond motifs is 1. The second-order valence-electron chi connectivity index (χ2n) is 6.65. The summed E-state index contributed by atoms with van der Waals surface area (Å²) in [5.41, 5.74) is 3.29. The molecule has 2 aromatic rings. The number of carbonyl (C=O) groups excluding carboxylic acids is 2. The van der Waals surface area contributed by atoms with Gasteiger partial charge in [0.05, 0.1) is 5.92 Å². The van der Waals surface area contributed by atoms with Crippen LogP contribution in [0.15, 0.2) is 48.5 Å². The lowest BCUT2D eigenvalue weighted by molar-refractivity contribution is -0.138. The van der Waals surface area contributed by atoms with Crippen LogP contribution >= 0.6 is 0 Å². The Morgan fingerprint density at radius 2 is 1.81 bits per heavy atom. The van der Waals surface area contributed by atoms with Gasteiger partial charge in [-0.05, 0) is 42.7 Å². The van der Waals surface area contributed by atoms with Crippen molar-refractivity contribution in [3.63, 3.8) is 0 Å². The SMILES string of the molecule is CC(C(=O)O)c1ccc(NC(=O)CCN2C(=O)CCc3ccccc32)cc1. The molecular formula is C21H22N2O4. The highest BCUT2D eigenvalue weighted by Crippen LogP contribution is 2.27. The third-order valence-corrected chi connectivity index (χ3v) is 4.82. The first-order valence-corrected chi connectivity index (χ1v) is 8.96. The number of rotatable bonds is 6. The Balaban J connectivity index is 1.59. The zero-order chi connectivity index (χ0) is 19.4. The maximum Gasteiger partial charge on any atom is 0.310 e. The van der Waals surface area contributed by atoms with Crippen molar-refractivity contribution in [3.8, 4) is 0 Å². The van der Waals surface area contributed by atoms with E-state index in [1.54, 1.807) is 36.1 Å². The molecule has 1 aliphatic heterocycles. The van der Waals surface area contributed by atoms with Crippen LogP contribution in [0.5, 0.6) is 0 Å². The molecule has 1 unspecified atom stereocenters. The Hall–Kier alpha value is -3.15. The minimum absolute atomic E-state index is 0.0357. The summed E-state index contributed by atoms with van der Waals surface area (Å²) in [7, 11) is 0. The Labute approximate surface area is 157 Å². The van der Waals surface area contributed by atoms with E-state index in [4.69, 9.17) is 5.11 Å². The maximum absolute atomic E-state index is 12.3. The Morgan fingerprint density at radius 3 is 2.52 bits per heavy atom. The average molecular weight is 366 g/mol. The first kappa shape index (κ1) is 18.6. The zero-order valence-corrected chi connectivity index (χ0v) is 15.1. The average Bonchev–Trinajstić information content (AvgIpc) is 2.67. The van der Waals surface area contributed by atoms with Crippen molar-refractivity contribution >= 4 is 29.2 Å². The number of carboxylic acids is 1. The van der Waals surface area contributed by atoms with Crippen LogP contribution in [0.3, 0.4) is 0 Å². The summed E-state index contributed by atoms with van der Waals surface area (Å²) in [6.45, 7) is 1.94. The molecule has 2 amide bonds. The molecule has 0 saturated heterocycles. The van der Waals surface area contributed by atoms with E-state index in [0.29, 0.717) is 24.2 Å². The predicted octanol–water partition coefficient (Wildman–Crippen LogP) is 3.18. The van der Waals surface area contributed by atoms with Crippen molar-refractivity contribution < 1.29 is 19.5 Å². The fourth-order valence-electron chi connectivity index (χ4n) is 3.18. The van der Waals surface area contributed by atoms with E-state index >= 15 is 0 Å². The normalized spacial score (nSPS) is 14.4. The van der Waals surface area contributed by atoms with Gasteiger partial charge in [-0.15, -0.1) is 0 Å². The highest BCUT2D eigenvalue weighted by Gasteiger charge is 2.24. The first-order chi connectivity index (χ1) is 13.0. The van der Waals surface area contributed by atoms with Crippen molar-refractivity contribution in [2.24, 2.45) is 0 Å². The number of benzene rings is 2. The molecule has 0 aromatic heterocycles. The number of hydrogen-bond acceptors (Lipinski definition) is 3. The summed E-state index contributed by atoms with van der Waals surface area (Å²) in [5, 5.41) is 11.8. The number of hydrogen-bond donors (Lipinski definition) is 2. The molecule has 2 aromatic carbocycles. The number of aliphatic carboxylic acids is 1. The van der Waals surface area contributed by atoms with E-state index in [1.807, 2.05) is 24.3 Å². The van der Waals surface area contributed by atoms with Gasteiger partial charge in [0, 0.05) is 30.8 Å². The quantitative estimate of drug-likeness (QED) is 0.822. The van der Waals surface area contributed by atoms with Crippen LogP contribution in [0.2, 0.25) is 0 Å². The third-order valence-electron chi connectivity index (χ3n) is 4.82. The third kappa shape index (κ3) is 4.34. The van der Waals surface area contributed by atoms with Crippen molar-refractivity contribution in [1.82, 2.24) is 0 Å². The van der Waals surface area contributed by atoms with Gasteiger partial charge < -0.3 is 15.3 Å². The van der Waals surface area contributed by atoms with E-state index in [-0.39, 0.29) is 18.2 Å². The summed E-state index contributed by atoms with van der Waals surface area (Å²) in [5.74, 6) is -1.64. The summed E-state index contributed by atoms with van der Waals surface area (Å²) in [6, 6.07) is 14.5. The van der Waals surface area contributed by atoms with Gasteiger partial charge in [0.15, 0.2) is 0 Å². The van der Waals surface area contributed by atoms with Gasteiger partial charge >= 0.3 is 5.97 Å². The van der Waals surface area contributed by atoms with Crippen molar-refractivity contribution in [2.45, 2.75) is 32.1 Å². The standard InChI is InChI=1S/C21H22N2O4/c1-14(21(26)27)15-6-9-17(10-7-15)22-19(24)12-13-23-18-5-3-2-4-16(18)8-11-20(23)25/h2-7,9-10,14H,8,11-13H2,1H3,(H,22,24)(H,26,27). The molecular weight excluding hydrogens is 344 g/mol.